The summed E-state index contributed by atoms with van der Waals surface area (Å²) >= 11 is 0. The minimum absolute atomic E-state index is 0.200. The molecule has 11 heteroatoms. The maximum Gasteiger partial charge on any atom is 0.416 e. The molecule has 2 N–H and O–H groups in total. The molecule has 3 rings (SSSR count). The Morgan fingerprint density at radius 1 is 0.821 bits per heavy atom. The normalized spacial score (nSPS) is 19.8. The van der Waals surface area contributed by atoms with Crippen molar-refractivity contribution >= 4 is 20.0 Å². The van der Waals surface area contributed by atoms with Crippen LogP contribution in [0.5, 0.6) is 0 Å². The molecule has 0 amide bonds. The van der Waals surface area contributed by atoms with Crippen LogP contribution >= 0.6 is 0 Å². The Hall–Kier alpha value is -1.95. The molecular weight excluding hydrogens is 549 g/mol. The van der Waals surface area contributed by atoms with Crippen molar-refractivity contribution in [2.45, 2.75) is 76.0 Å². The molecule has 0 saturated heterocycles. The van der Waals surface area contributed by atoms with Gasteiger partial charge in [0.15, 0.2) is 0 Å². The van der Waals surface area contributed by atoms with E-state index in [4.69, 9.17) is 0 Å². The number of hydrogen-bond donors (Lipinski definition) is 2. The summed E-state index contributed by atoms with van der Waals surface area (Å²) in [5, 5.41) is -0.434. The van der Waals surface area contributed by atoms with Gasteiger partial charge in [-0.1, -0.05) is 43.3 Å². The molecule has 39 heavy (non-hydrogen) atoms. The Bertz CT molecular complexity index is 1270. The molecule has 2 aromatic rings. The van der Waals surface area contributed by atoms with E-state index in [2.05, 4.69) is 28.5 Å². The van der Waals surface area contributed by atoms with Gasteiger partial charge < -0.3 is 0 Å². The van der Waals surface area contributed by atoms with Crippen molar-refractivity contribution in [1.82, 2.24) is 9.44 Å². The summed E-state index contributed by atoms with van der Waals surface area (Å²) in [7, 11) is -6.92. The van der Waals surface area contributed by atoms with Crippen LogP contribution in [-0.2, 0) is 38.4 Å². The SMILES string of the molecule is CC(CNS(=O)(=O)C(C)C)C1CCC(c2ccc(CCNS(=O)(=O)Cc3ccc(C(F)(F)F)cc3)cc2)CC1. The van der Waals surface area contributed by atoms with Crippen molar-refractivity contribution in [2.24, 2.45) is 11.8 Å². The molecule has 1 unspecified atom stereocenters. The van der Waals surface area contributed by atoms with Crippen LogP contribution in [0, 0.1) is 11.8 Å². The first-order chi connectivity index (χ1) is 18.2. The van der Waals surface area contributed by atoms with Gasteiger partial charge in [0.05, 0.1) is 16.6 Å². The summed E-state index contributed by atoms with van der Waals surface area (Å²) in [6, 6.07) is 12.3. The average Bonchev–Trinajstić information content (AvgIpc) is 2.87. The minimum atomic E-state index is -4.46. The summed E-state index contributed by atoms with van der Waals surface area (Å²) in [6.45, 7) is 6.13. The van der Waals surface area contributed by atoms with E-state index in [-0.39, 0.29) is 18.2 Å². The molecule has 0 aromatic heterocycles. The minimum Gasteiger partial charge on any atom is -0.215 e. The third-order valence-electron chi connectivity index (χ3n) is 7.63. The van der Waals surface area contributed by atoms with Crippen LogP contribution in [-0.4, -0.2) is 35.2 Å². The number of nitrogens with one attached hydrogen (secondary N) is 2. The van der Waals surface area contributed by atoms with E-state index in [1.54, 1.807) is 13.8 Å². The van der Waals surface area contributed by atoms with E-state index in [1.807, 2.05) is 12.1 Å². The van der Waals surface area contributed by atoms with Crippen molar-refractivity contribution in [3.63, 3.8) is 0 Å². The van der Waals surface area contributed by atoms with Crippen molar-refractivity contribution < 1.29 is 30.0 Å². The van der Waals surface area contributed by atoms with Gasteiger partial charge in [0.1, 0.15) is 0 Å². The molecule has 0 bridgehead atoms. The lowest BCUT2D eigenvalue weighted by atomic mass is 9.74. The lowest BCUT2D eigenvalue weighted by molar-refractivity contribution is -0.137. The standard InChI is InChI=1S/C28H39F3N2O4S2/c1-20(2)39(36,37)33-18-21(3)24-10-12-26(13-11-24)25-8-4-22(5-9-25)16-17-32-38(34,35)19-23-6-14-27(15-7-23)28(29,30)31/h4-9,14-15,20-21,24,26,32-33H,10-13,16-19H2,1-3H3. The fourth-order valence-corrected chi connectivity index (χ4v) is 6.95. The monoisotopic (exact) mass is 588 g/mol. The van der Waals surface area contributed by atoms with E-state index >= 15 is 0 Å². The van der Waals surface area contributed by atoms with Crippen molar-refractivity contribution in [2.75, 3.05) is 13.1 Å². The molecular formula is C28H39F3N2O4S2. The van der Waals surface area contributed by atoms with E-state index < -0.39 is 37.0 Å². The first-order valence-corrected chi connectivity index (χ1v) is 16.6. The van der Waals surface area contributed by atoms with Crippen LogP contribution in [0.2, 0.25) is 0 Å². The third kappa shape index (κ3) is 9.58. The maximum atomic E-state index is 12.7. The second kappa shape index (κ2) is 13.1. The second-order valence-corrected chi connectivity index (χ2v) is 15.0. The molecule has 6 nitrogen and oxygen atoms in total. The highest BCUT2D eigenvalue weighted by molar-refractivity contribution is 7.90. The molecule has 1 fully saturated rings. The first kappa shape index (κ1) is 31.6. The van der Waals surface area contributed by atoms with Crippen LogP contribution in [0.15, 0.2) is 48.5 Å². The average molecular weight is 589 g/mol. The molecule has 1 aliphatic rings. The Morgan fingerprint density at radius 2 is 1.38 bits per heavy atom. The lowest BCUT2D eigenvalue weighted by Gasteiger charge is -2.32. The molecule has 2 aromatic carbocycles. The predicted octanol–water partition coefficient (Wildman–Crippen LogP) is 5.61. The van der Waals surface area contributed by atoms with Gasteiger partial charge in [0.25, 0.3) is 0 Å². The summed E-state index contributed by atoms with van der Waals surface area (Å²) in [5.41, 5.74) is 1.74. The van der Waals surface area contributed by atoms with Gasteiger partial charge in [-0.2, -0.15) is 13.2 Å². The van der Waals surface area contributed by atoms with Gasteiger partial charge >= 0.3 is 6.18 Å². The molecule has 218 valence electrons. The van der Waals surface area contributed by atoms with Gasteiger partial charge in [0.2, 0.25) is 20.0 Å². The predicted molar refractivity (Wildman–Crippen MR) is 148 cm³/mol. The van der Waals surface area contributed by atoms with E-state index in [1.165, 1.54) is 17.7 Å². The number of sulfonamides is 2. The van der Waals surface area contributed by atoms with Gasteiger partial charge in [-0.25, -0.2) is 26.3 Å². The third-order valence-corrected chi connectivity index (χ3v) is 10.8. The Morgan fingerprint density at radius 3 is 1.92 bits per heavy atom. The summed E-state index contributed by atoms with van der Waals surface area (Å²) in [4.78, 5) is 0. The number of halogens is 3. The van der Waals surface area contributed by atoms with Crippen LogP contribution in [0.25, 0.3) is 0 Å². The smallest absolute Gasteiger partial charge is 0.215 e. The second-order valence-electron chi connectivity index (χ2n) is 10.9. The highest BCUT2D eigenvalue weighted by Crippen LogP contribution is 2.38. The Balaban J connectivity index is 1.42. The first-order valence-electron chi connectivity index (χ1n) is 13.4. The molecule has 0 heterocycles. The molecule has 1 aliphatic carbocycles. The maximum absolute atomic E-state index is 12.7. The van der Waals surface area contributed by atoms with Crippen molar-refractivity contribution in [3.8, 4) is 0 Å². The summed E-state index contributed by atoms with van der Waals surface area (Å²) in [5.74, 6) is 0.850. The van der Waals surface area contributed by atoms with Crippen LogP contribution in [0.1, 0.15) is 74.6 Å². The summed E-state index contributed by atoms with van der Waals surface area (Å²) < 4.78 is 92.1. The Kier molecular flexibility index (Phi) is 10.6. The summed E-state index contributed by atoms with van der Waals surface area (Å²) in [6.07, 6.45) is 0.254. The largest absolute Gasteiger partial charge is 0.416 e. The highest BCUT2D eigenvalue weighted by Gasteiger charge is 2.30. The van der Waals surface area contributed by atoms with Crippen LogP contribution in [0.3, 0.4) is 0 Å². The number of hydrogen-bond acceptors (Lipinski definition) is 4. The van der Waals surface area contributed by atoms with Gasteiger partial charge in [0, 0.05) is 13.1 Å². The molecule has 1 saturated carbocycles. The molecule has 1 atom stereocenters. The topological polar surface area (TPSA) is 92.3 Å². The quantitative estimate of drug-likeness (QED) is 0.337. The van der Waals surface area contributed by atoms with Crippen molar-refractivity contribution in [1.29, 1.82) is 0 Å². The number of benzene rings is 2. The Labute approximate surface area is 230 Å². The van der Waals surface area contributed by atoms with Crippen LogP contribution < -0.4 is 9.44 Å². The lowest BCUT2D eigenvalue weighted by Crippen LogP contribution is -2.36. The zero-order valence-electron chi connectivity index (χ0n) is 22.7. The molecule has 0 radical (unpaired) electrons. The highest BCUT2D eigenvalue weighted by atomic mass is 32.2. The van der Waals surface area contributed by atoms with E-state index in [0.29, 0.717) is 30.4 Å². The van der Waals surface area contributed by atoms with E-state index in [9.17, 15) is 30.0 Å². The van der Waals surface area contributed by atoms with Gasteiger partial charge in [-0.15, -0.1) is 0 Å². The van der Waals surface area contributed by atoms with E-state index in [0.717, 1.165) is 43.4 Å². The fraction of sp³-hybridized carbons (Fsp3) is 0.571. The number of alkyl halides is 3. The zero-order valence-corrected chi connectivity index (χ0v) is 24.3. The fourth-order valence-electron chi connectivity index (χ4n) is 4.97. The van der Waals surface area contributed by atoms with Crippen molar-refractivity contribution in [3.05, 3.63) is 70.8 Å². The molecule has 0 spiro atoms. The number of rotatable bonds is 12. The van der Waals surface area contributed by atoms with Gasteiger partial charge in [-0.05, 0) is 92.5 Å². The van der Waals surface area contributed by atoms with Gasteiger partial charge in [-0.3, -0.25) is 0 Å². The zero-order chi connectivity index (χ0) is 28.8. The molecule has 0 aliphatic heterocycles. The van der Waals surface area contributed by atoms with Crippen LogP contribution in [0.4, 0.5) is 13.2 Å².